The number of nitrogens with one attached hydrogen (secondary N) is 1. The summed E-state index contributed by atoms with van der Waals surface area (Å²) in [6.07, 6.45) is 3.42. The Bertz CT molecular complexity index is 1320. The quantitative estimate of drug-likeness (QED) is 0.491. The van der Waals surface area contributed by atoms with Crippen LogP contribution in [0.15, 0.2) is 30.3 Å². The maximum atomic E-state index is 5.48. The highest BCUT2D eigenvalue weighted by atomic mass is 32.1. The number of nitrogens with zero attached hydrogens (tertiary/aromatic N) is 5. The Morgan fingerprint density at radius 1 is 1.12 bits per heavy atom. The second-order valence-corrected chi connectivity index (χ2v) is 10.3. The van der Waals surface area contributed by atoms with Crippen molar-refractivity contribution >= 4 is 49.2 Å². The summed E-state index contributed by atoms with van der Waals surface area (Å²) in [5, 5.41) is 5.89. The lowest BCUT2D eigenvalue weighted by atomic mass is 9.91. The number of morpholine rings is 1. The standard InChI is InChI=1S/C25H30N6OS/c1-29(2)17-5-8-21-19(15-17)18-6-9-23(28-24(18)30(21)3)26-16-4-7-20-22(14-16)33-25(27-20)31-10-12-32-13-11-31/h4,6-7,9,14,17H,5,8,10-13,15H2,1-3H3,(H,26,28). The Hall–Kier alpha value is -2.68. The summed E-state index contributed by atoms with van der Waals surface area (Å²) in [7, 11) is 6.53. The van der Waals surface area contributed by atoms with Crippen molar-refractivity contribution in [2.75, 3.05) is 50.6 Å². The molecule has 7 nitrogen and oxygen atoms in total. The molecule has 1 saturated heterocycles. The van der Waals surface area contributed by atoms with Crippen molar-refractivity contribution in [3.05, 3.63) is 41.6 Å². The van der Waals surface area contributed by atoms with E-state index in [1.54, 1.807) is 11.3 Å². The molecule has 2 aliphatic rings. The number of aromatic nitrogens is 3. The largest absolute Gasteiger partial charge is 0.378 e. The average molecular weight is 463 g/mol. The molecule has 0 radical (unpaired) electrons. The van der Waals surface area contributed by atoms with Crippen LogP contribution in [0.2, 0.25) is 0 Å². The monoisotopic (exact) mass is 462 g/mol. The first-order valence-electron chi connectivity index (χ1n) is 11.7. The van der Waals surface area contributed by atoms with E-state index in [0.717, 1.165) is 66.9 Å². The van der Waals surface area contributed by atoms with Crippen molar-refractivity contribution in [3.8, 4) is 0 Å². The van der Waals surface area contributed by atoms with Crippen molar-refractivity contribution < 1.29 is 4.74 Å². The van der Waals surface area contributed by atoms with Gasteiger partial charge in [-0.1, -0.05) is 11.3 Å². The zero-order chi connectivity index (χ0) is 22.5. The lowest BCUT2D eigenvalue weighted by Gasteiger charge is -2.28. The topological polar surface area (TPSA) is 58.4 Å². The summed E-state index contributed by atoms with van der Waals surface area (Å²) in [4.78, 5) is 14.5. The number of benzene rings is 1. The summed E-state index contributed by atoms with van der Waals surface area (Å²) in [5.74, 6) is 0.877. The molecule has 0 amide bonds. The molecule has 1 unspecified atom stereocenters. The third-order valence-corrected chi connectivity index (χ3v) is 8.17. The van der Waals surface area contributed by atoms with Gasteiger partial charge in [-0.3, -0.25) is 0 Å². The molecule has 8 heteroatoms. The van der Waals surface area contributed by atoms with Gasteiger partial charge in [-0.05, 0) is 69.3 Å². The van der Waals surface area contributed by atoms with Gasteiger partial charge in [0.2, 0.25) is 0 Å². The normalized spacial score (nSPS) is 18.9. The van der Waals surface area contributed by atoms with E-state index >= 15 is 0 Å². The molecule has 1 N–H and O–H groups in total. The molecule has 0 saturated carbocycles. The molecule has 4 heterocycles. The van der Waals surface area contributed by atoms with Crippen LogP contribution >= 0.6 is 11.3 Å². The van der Waals surface area contributed by atoms with Crippen LogP contribution in [-0.4, -0.2) is 65.9 Å². The average Bonchev–Trinajstić information content (AvgIpc) is 3.38. The summed E-state index contributed by atoms with van der Waals surface area (Å²) >= 11 is 1.74. The van der Waals surface area contributed by atoms with Gasteiger partial charge in [0, 0.05) is 42.9 Å². The number of aryl methyl sites for hydroxylation is 1. The first kappa shape index (κ1) is 20.9. The molecule has 6 rings (SSSR count). The fraction of sp³-hybridized carbons (Fsp3) is 0.440. The van der Waals surface area contributed by atoms with E-state index in [4.69, 9.17) is 14.7 Å². The molecule has 1 atom stereocenters. The fourth-order valence-corrected chi connectivity index (χ4v) is 6.21. The van der Waals surface area contributed by atoms with E-state index < -0.39 is 0 Å². The van der Waals surface area contributed by atoms with E-state index in [2.05, 4.69) is 71.2 Å². The van der Waals surface area contributed by atoms with Crippen LogP contribution < -0.4 is 10.2 Å². The number of thiazole rings is 1. The highest BCUT2D eigenvalue weighted by Crippen LogP contribution is 2.34. The summed E-state index contributed by atoms with van der Waals surface area (Å²) < 4.78 is 8.96. The smallest absolute Gasteiger partial charge is 0.186 e. The van der Waals surface area contributed by atoms with Gasteiger partial charge in [0.25, 0.3) is 0 Å². The van der Waals surface area contributed by atoms with Crippen LogP contribution in [0.5, 0.6) is 0 Å². The van der Waals surface area contributed by atoms with Gasteiger partial charge >= 0.3 is 0 Å². The van der Waals surface area contributed by atoms with Gasteiger partial charge in [-0.25, -0.2) is 9.97 Å². The van der Waals surface area contributed by atoms with Crippen molar-refractivity contribution in [2.45, 2.75) is 25.3 Å². The molecular weight excluding hydrogens is 432 g/mol. The number of pyridine rings is 1. The zero-order valence-electron chi connectivity index (χ0n) is 19.5. The molecule has 1 fully saturated rings. The molecule has 0 bridgehead atoms. The first-order valence-corrected chi connectivity index (χ1v) is 12.5. The lowest BCUT2D eigenvalue weighted by Crippen LogP contribution is -2.36. The Balaban J connectivity index is 1.28. The van der Waals surface area contributed by atoms with Crippen molar-refractivity contribution in [2.24, 2.45) is 7.05 Å². The third-order valence-electron chi connectivity index (χ3n) is 7.09. The number of anilines is 3. The summed E-state index contributed by atoms with van der Waals surface area (Å²) in [6, 6.07) is 11.3. The van der Waals surface area contributed by atoms with E-state index in [1.807, 2.05) is 0 Å². The van der Waals surface area contributed by atoms with E-state index in [0.29, 0.717) is 6.04 Å². The van der Waals surface area contributed by atoms with Crippen molar-refractivity contribution in [1.29, 1.82) is 0 Å². The Kier molecular flexibility index (Phi) is 5.24. The molecular formula is C25H30N6OS. The fourth-order valence-electron chi connectivity index (χ4n) is 5.15. The third kappa shape index (κ3) is 3.76. The molecule has 3 aromatic heterocycles. The van der Waals surface area contributed by atoms with E-state index in [-0.39, 0.29) is 0 Å². The zero-order valence-corrected chi connectivity index (χ0v) is 20.3. The van der Waals surface area contributed by atoms with Gasteiger partial charge in [-0.15, -0.1) is 0 Å². The Morgan fingerprint density at radius 2 is 1.97 bits per heavy atom. The molecule has 4 aromatic rings. The number of ether oxygens (including phenoxy) is 1. The van der Waals surface area contributed by atoms with Crippen molar-refractivity contribution in [3.63, 3.8) is 0 Å². The molecule has 172 valence electrons. The van der Waals surface area contributed by atoms with Gasteiger partial charge in [0.15, 0.2) is 5.13 Å². The predicted molar refractivity (Wildman–Crippen MR) is 136 cm³/mol. The minimum Gasteiger partial charge on any atom is -0.378 e. The van der Waals surface area contributed by atoms with Crippen LogP contribution in [0.3, 0.4) is 0 Å². The number of fused-ring (bicyclic) bond motifs is 4. The van der Waals surface area contributed by atoms with Gasteiger partial charge < -0.3 is 24.4 Å². The van der Waals surface area contributed by atoms with E-state index in [1.165, 1.54) is 27.8 Å². The molecule has 1 aromatic carbocycles. The van der Waals surface area contributed by atoms with Gasteiger partial charge in [0.05, 0.1) is 23.4 Å². The van der Waals surface area contributed by atoms with Gasteiger partial charge in [0.1, 0.15) is 11.5 Å². The maximum Gasteiger partial charge on any atom is 0.186 e. The molecule has 1 aliphatic heterocycles. The number of rotatable bonds is 4. The minimum absolute atomic E-state index is 0.606. The SMILES string of the molecule is CN(C)C1CCc2c(c3ccc(Nc4ccc5nc(N6CCOCC6)sc5c4)nc3n2C)C1. The predicted octanol–water partition coefficient (Wildman–Crippen LogP) is 4.18. The molecule has 1 aliphatic carbocycles. The van der Waals surface area contributed by atoms with Crippen LogP contribution in [0.4, 0.5) is 16.6 Å². The van der Waals surface area contributed by atoms with Crippen LogP contribution in [0.1, 0.15) is 17.7 Å². The first-order chi connectivity index (χ1) is 16.1. The lowest BCUT2D eigenvalue weighted by molar-refractivity contribution is 0.122. The highest BCUT2D eigenvalue weighted by Gasteiger charge is 2.26. The maximum absolute atomic E-state index is 5.48. The van der Waals surface area contributed by atoms with Gasteiger partial charge in [-0.2, -0.15) is 0 Å². The molecule has 33 heavy (non-hydrogen) atoms. The second kappa shape index (κ2) is 8.27. The second-order valence-electron chi connectivity index (χ2n) is 9.32. The number of hydrogen-bond acceptors (Lipinski definition) is 7. The number of hydrogen-bond donors (Lipinski definition) is 1. The minimum atomic E-state index is 0.606. The number of likely N-dealkylation sites (N-methyl/N-ethyl adjacent to an activating group) is 1. The highest BCUT2D eigenvalue weighted by molar-refractivity contribution is 7.22. The van der Waals surface area contributed by atoms with Crippen LogP contribution in [-0.2, 0) is 24.6 Å². The van der Waals surface area contributed by atoms with Crippen molar-refractivity contribution in [1.82, 2.24) is 19.4 Å². The summed E-state index contributed by atoms with van der Waals surface area (Å²) in [6.45, 7) is 3.36. The van der Waals surface area contributed by atoms with Crippen LogP contribution in [0.25, 0.3) is 21.3 Å². The van der Waals surface area contributed by atoms with Crippen LogP contribution in [0, 0.1) is 0 Å². The summed E-state index contributed by atoms with van der Waals surface area (Å²) in [5.41, 5.74) is 6.06. The Morgan fingerprint density at radius 3 is 2.79 bits per heavy atom. The molecule has 0 spiro atoms. The van der Waals surface area contributed by atoms with E-state index in [9.17, 15) is 0 Å². The Labute approximate surface area is 198 Å².